The fraction of sp³-hybridized carbons (Fsp3) is 0.395. The van der Waals surface area contributed by atoms with Crippen molar-refractivity contribution in [3.8, 4) is 11.4 Å². The van der Waals surface area contributed by atoms with Crippen LogP contribution in [0.1, 0.15) is 86.6 Å². The zero-order valence-electron chi connectivity index (χ0n) is 26.8. The first-order valence-electron chi connectivity index (χ1n) is 16.5. The number of nitrogens with zero attached hydrogens (tertiary/aromatic N) is 2. The van der Waals surface area contributed by atoms with Crippen molar-refractivity contribution in [3.05, 3.63) is 98.8 Å². The summed E-state index contributed by atoms with van der Waals surface area (Å²) in [6.07, 6.45) is 4.00. The topological polar surface area (TPSA) is 114 Å². The normalized spacial score (nSPS) is 19.1. The number of rotatable bonds is 9. The maximum absolute atomic E-state index is 14.0. The van der Waals surface area contributed by atoms with E-state index >= 15 is 0 Å². The van der Waals surface area contributed by atoms with Crippen LogP contribution in [-0.4, -0.2) is 27.5 Å². The lowest BCUT2D eigenvalue weighted by Gasteiger charge is -2.37. The SMILES string of the molecule is CCc1c2c(nc3ccccc13)-c1cc3c(c(=O)n1C2)COC(=O)[C@@]3(CC)OC(=O)CC1(CC(=O)OCc2ccccc2)CCCC1. The number of cyclic esters (lactones) is 1. The van der Waals surface area contributed by atoms with Gasteiger partial charge in [-0.15, -0.1) is 0 Å². The second kappa shape index (κ2) is 12.1. The van der Waals surface area contributed by atoms with Crippen LogP contribution in [-0.2, 0) is 60.4 Å². The molecule has 1 atom stereocenters. The molecule has 1 fully saturated rings. The van der Waals surface area contributed by atoms with Gasteiger partial charge in [-0.3, -0.25) is 14.4 Å². The van der Waals surface area contributed by atoms with Gasteiger partial charge in [0.2, 0.25) is 5.60 Å². The minimum atomic E-state index is -1.79. The Hall–Kier alpha value is -4.79. The molecule has 9 heteroatoms. The van der Waals surface area contributed by atoms with Crippen molar-refractivity contribution < 1.29 is 28.6 Å². The van der Waals surface area contributed by atoms with E-state index in [2.05, 4.69) is 6.92 Å². The summed E-state index contributed by atoms with van der Waals surface area (Å²) in [5, 5.41) is 1.06. The van der Waals surface area contributed by atoms with E-state index in [1.807, 2.05) is 54.6 Å². The molecule has 0 amide bonds. The van der Waals surface area contributed by atoms with Crippen molar-refractivity contribution in [2.24, 2.45) is 5.41 Å². The fourth-order valence-corrected chi connectivity index (χ4v) is 7.85. The van der Waals surface area contributed by atoms with Gasteiger partial charge in [0.1, 0.15) is 13.2 Å². The Morgan fingerprint density at radius 2 is 1.66 bits per heavy atom. The number of hydrogen-bond donors (Lipinski definition) is 0. The first kappa shape index (κ1) is 30.8. The molecule has 0 radical (unpaired) electrons. The van der Waals surface area contributed by atoms with Gasteiger partial charge in [-0.1, -0.05) is 75.2 Å². The van der Waals surface area contributed by atoms with Crippen LogP contribution < -0.4 is 5.56 Å². The monoisotopic (exact) mass is 634 g/mol. The van der Waals surface area contributed by atoms with E-state index < -0.39 is 23.0 Å². The maximum atomic E-state index is 14.0. The first-order chi connectivity index (χ1) is 22.8. The van der Waals surface area contributed by atoms with Gasteiger partial charge in [0.05, 0.1) is 41.9 Å². The molecule has 2 aliphatic heterocycles. The summed E-state index contributed by atoms with van der Waals surface area (Å²) in [4.78, 5) is 59.4. The first-order valence-corrected chi connectivity index (χ1v) is 16.5. The molecule has 242 valence electrons. The highest BCUT2D eigenvalue weighted by molar-refractivity contribution is 5.90. The number of benzene rings is 2. The summed E-state index contributed by atoms with van der Waals surface area (Å²) in [6.45, 7) is 4.17. The molecule has 2 aromatic heterocycles. The number of ether oxygens (including phenoxy) is 3. The number of pyridine rings is 2. The molecule has 47 heavy (non-hydrogen) atoms. The van der Waals surface area contributed by atoms with Gasteiger partial charge < -0.3 is 18.8 Å². The molecule has 2 aromatic carbocycles. The lowest BCUT2D eigenvalue weighted by molar-refractivity contribution is -0.191. The fourth-order valence-electron chi connectivity index (χ4n) is 7.85. The van der Waals surface area contributed by atoms with Crippen LogP contribution in [0.15, 0.2) is 65.5 Å². The number of esters is 3. The molecule has 7 rings (SSSR count). The molecular weight excluding hydrogens is 596 g/mol. The average molecular weight is 635 g/mol. The average Bonchev–Trinajstić information content (AvgIpc) is 3.69. The molecule has 3 aliphatic rings. The third-order valence-corrected chi connectivity index (χ3v) is 10.3. The van der Waals surface area contributed by atoms with Crippen LogP contribution in [0, 0.1) is 5.41 Å². The second-order valence-corrected chi connectivity index (χ2v) is 13.0. The van der Waals surface area contributed by atoms with Gasteiger partial charge in [-0.25, -0.2) is 9.78 Å². The highest BCUT2D eigenvalue weighted by Gasteiger charge is 2.51. The second-order valence-electron chi connectivity index (χ2n) is 13.0. The molecule has 0 N–H and O–H groups in total. The standard InChI is InChI=1S/C38H38N2O7/c1-3-25-26-14-8-9-15-30(26)39-34-27(25)21-40-31(34)18-29-28(35(40)43)23-46-36(44)38(29,4-2)47-33(42)20-37(16-10-11-17-37)19-32(41)45-22-24-12-6-5-7-13-24/h5-9,12-15,18H,3-4,10-11,16-17,19-23H2,1-2H3/t38-/m0/s1. The van der Waals surface area contributed by atoms with Crippen LogP contribution in [0.5, 0.6) is 0 Å². The number of fused-ring (bicyclic) bond motifs is 5. The van der Waals surface area contributed by atoms with Gasteiger partial charge in [-0.05, 0) is 54.4 Å². The van der Waals surface area contributed by atoms with E-state index in [9.17, 15) is 19.2 Å². The van der Waals surface area contributed by atoms with Gasteiger partial charge in [-0.2, -0.15) is 0 Å². The van der Waals surface area contributed by atoms with Gasteiger partial charge in [0.25, 0.3) is 5.56 Å². The smallest absolute Gasteiger partial charge is 0.355 e. The Morgan fingerprint density at radius 1 is 0.936 bits per heavy atom. The number of carbonyl (C=O) groups excluding carboxylic acids is 3. The molecule has 4 aromatic rings. The largest absolute Gasteiger partial charge is 0.461 e. The highest BCUT2D eigenvalue weighted by Crippen LogP contribution is 2.47. The van der Waals surface area contributed by atoms with E-state index in [0.717, 1.165) is 46.9 Å². The number of hydrogen-bond acceptors (Lipinski definition) is 8. The molecule has 4 heterocycles. The number of aromatic nitrogens is 2. The summed E-state index contributed by atoms with van der Waals surface area (Å²) in [5.74, 6) is -1.68. The lowest BCUT2D eigenvalue weighted by atomic mass is 9.79. The van der Waals surface area contributed by atoms with Gasteiger partial charge >= 0.3 is 17.9 Å². The van der Waals surface area contributed by atoms with Crippen LogP contribution in [0.4, 0.5) is 0 Å². The molecule has 0 saturated heterocycles. The number of para-hydroxylation sites is 1. The number of aryl methyl sites for hydroxylation is 1. The van der Waals surface area contributed by atoms with Crippen molar-refractivity contribution >= 4 is 28.8 Å². The predicted octanol–water partition coefficient (Wildman–Crippen LogP) is 6.28. The Morgan fingerprint density at radius 3 is 2.40 bits per heavy atom. The van der Waals surface area contributed by atoms with Crippen molar-refractivity contribution in [1.29, 1.82) is 0 Å². The zero-order chi connectivity index (χ0) is 32.8. The van der Waals surface area contributed by atoms with Gasteiger partial charge in [0, 0.05) is 16.5 Å². The van der Waals surface area contributed by atoms with Crippen molar-refractivity contribution in [2.75, 3.05) is 0 Å². The molecule has 0 bridgehead atoms. The van der Waals surface area contributed by atoms with E-state index in [0.29, 0.717) is 41.9 Å². The zero-order valence-corrected chi connectivity index (χ0v) is 26.8. The quantitative estimate of drug-likeness (QED) is 0.138. The highest BCUT2D eigenvalue weighted by atomic mass is 16.6. The predicted molar refractivity (Wildman–Crippen MR) is 174 cm³/mol. The summed E-state index contributed by atoms with van der Waals surface area (Å²) in [5.41, 5.74) is 3.10. The molecule has 0 unspecified atom stereocenters. The van der Waals surface area contributed by atoms with Crippen molar-refractivity contribution in [1.82, 2.24) is 9.55 Å². The Balaban J connectivity index is 1.20. The van der Waals surface area contributed by atoms with Crippen molar-refractivity contribution in [3.63, 3.8) is 0 Å². The third kappa shape index (κ3) is 5.31. The van der Waals surface area contributed by atoms with Crippen LogP contribution in [0.25, 0.3) is 22.3 Å². The van der Waals surface area contributed by atoms with Crippen LogP contribution in [0.2, 0.25) is 0 Å². The van der Waals surface area contributed by atoms with Crippen LogP contribution in [0.3, 0.4) is 0 Å². The van der Waals surface area contributed by atoms with E-state index in [4.69, 9.17) is 19.2 Å². The Kier molecular flexibility index (Phi) is 7.94. The minimum absolute atomic E-state index is 0.0437. The summed E-state index contributed by atoms with van der Waals surface area (Å²) in [7, 11) is 0. The summed E-state index contributed by atoms with van der Waals surface area (Å²) in [6, 6.07) is 19.2. The van der Waals surface area contributed by atoms with Gasteiger partial charge in [0.15, 0.2) is 0 Å². The van der Waals surface area contributed by atoms with E-state index in [1.165, 1.54) is 0 Å². The molecule has 1 aliphatic carbocycles. The Bertz CT molecular complexity index is 1960. The summed E-state index contributed by atoms with van der Waals surface area (Å²) >= 11 is 0. The molecule has 0 spiro atoms. The lowest BCUT2D eigenvalue weighted by Crippen LogP contribution is -2.48. The minimum Gasteiger partial charge on any atom is -0.461 e. The summed E-state index contributed by atoms with van der Waals surface area (Å²) < 4.78 is 19.0. The number of carbonyl (C=O) groups is 3. The molecule has 9 nitrogen and oxygen atoms in total. The van der Waals surface area contributed by atoms with E-state index in [1.54, 1.807) is 17.6 Å². The Labute approximate surface area is 272 Å². The molecule has 1 saturated carbocycles. The van der Waals surface area contributed by atoms with E-state index in [-0.39, 0.29) is 44.0 Å². The van der Waals surface area contributed by atoms with Crippen molar-refractivity contribution in [2.45, 2.75) is 90.6 Å². The van der Waals surface area contributed by atoms with Crippen LogP contribution >= 0.6 is 0 Å². The third-order valence-electron chi connectivity index (χ3n) is 10.3. The maximum Gasteiger partial charge on any atom is 0.355 e. The molecular formula is C38H38N2O7.